The molecule has 1 rings (SSSR count). The van der Waals surface area contributed by atoms with Crippen LogP contribution in [0.3, 0.4) is 0 Å². The molecule has 0 saturated carbocycles. The summed E-state index contributed by atoms with van der Waals surface area (Å²) in [6.45, 7) is 3.31. The van der Waals surface area contributed by atoms with Gasteiger partial charge in [0.25, 0.3) is 0 Å². The lowest BCUT2D eigenvalue weighted by molar-refractivity contribution is -0.142. The maximum absolute atomic E-state index is 12.7. The number of hydrogen-bond acceptors (Lipinski definition) is 2. The number of benzene rings is 1. The van der Waals surface area contributed by atoms with Gasteiger partial charge in [-0.1, -0.05) is 6.07 Å². The Morgan fingerprint density at radius 3 is 2.85 bits per heavy atom. The average molecular weight is 182 g/mol. The van der Waals surface area contributed by atoms with Gasteiger partial charge in [-0.15, -0.1) is 0 Å². The lowest BCUT2D eigenvalue weighted by Gasteiger charge is -2.05. The molecule has 0 atom stereocenters. The van der Waals surface area contributed by atoms with Crippen molar-refractivity contribution >= 4 is 5.97 Å². The molecular formula is C10H11FO2. The zero-order valence-electron chi connectivity index (χ0n) is 7.63. The van der Waals surface area contributed by atoms with E-state index in [2.05, 4.69) is 0 Å². The van der Waals surface area contributed by atoms with E-state index < -0.39 is 0 Å². The van der Waals surface area contributed by atoms with Gasteiger partial charge in [-0.3, -0.25) is 4.79 Å². The van der Waals surface area contributed by atoms with Gasteiger partial charge in [0.1, 0.15) is 12.4 Å². The molecule has 1 aromatic carbocycles. The van der Waals surface area contributed by atoms with Crippen LogP contribution in [0.4, 0.5) is 4.39 Å². The van der Waals surface area contributed by atoms with Crippen LogP contribution >= 0.6 is 0 Å². The smallest absolute Gasteiger partial charge is 0.302 e. The van der Waals surface area contributed by atoms with E-state index in [1.807, 2.05) is 6.92 Å². The number of rotatable bonds is 2. The first kappa shape index (κ1) is 9.71. The quantitative estimate of drug-likeness (QED) is 0.655. The fourth-order valence-corrected chi connectivity index (χ4v) is 0.975. The van der Waals surface area contributed by atoms with E-state index in [4.69, 9.17) is 4.74 Å². The summed E-state index contributed by atoms with van der Waals surface area (Å²) in [5, 5.41) is 0. The Hall–Kier alpha value is -1.38. The van der Waals surface area contributed by atoms with Crippen molar-refractivity contribution in [1.82, 2.24) is 0 Å². The van der Waals surface area contributed by atoms with Crippen LogP contribution in [0.15, 0.2) is 18.2 Å². The van der Waals surface area contributed by atoms with E-state index in [0.29, 0.717) is 5.56 Å². The van der Waals surface area contributed by atoms with Crippen molar-refractivity contribution in [3.63, 3.8) is 0 Å². The Balaban J connectivity index is 2.75. The van der Waals surface area contributed by atoms with Crippen LogP contribution in [-0.4, -0.2) is 5.97 Å². The molecule has 0 spiro atoms. The van der Waals surface area contributed by atoms with Gasteiger partial charge in [-0.2, -0.15) is 0 Å². The first-order chi connectivity index (χ1) is 6.09. The summed E-state index contributed by atoms with van der Waals surface area (Å²) in [6, 6.07) is 4.42. The van der Waals surface area contributed by atoms with Crippen molar-refractivity contribution in [2.75, 3.05) is 0 Å². The summed E-state index contributed by atoms with van der Waals surface area (Å²) in [5.41, 5.74) is 1.62. The van der Waals surface area contributed by atoms with Gasteiger partial charge in [0.2, 0.25) is 0 Å². The third-order valence-corrected chi connectivity index (χ3v) is 1.74. The highest BCUT2D eigenvalue weighted by atomic mass is 19.1. The number of carbonyl (C=O) groups is 1. The zero-order valence-corrected chi connectivity index (χ0v) is 7.63. The van der Waals surface area contributed by atoms with E-state index in [9.17, 15) is 9.18 Å². The summed E-state index contributed by atoms with van der Waals surface area (Å²) in [6.07, 6.45) is 0. The van der Waals surface area contributed by atoms with Crippen LogP contribution in [0.5, 0.6) is 0 Å². The van der Waals surface area contributed by atoms with Crippen molar-refractivity contribution < 1.29 is 13.9 Å². The molecule has 1 aromatic rings. The molecule has 0 heterocycles. The molecule has 0 saturated heterocycles. The predicted octanol–water partition coefficient (Wildman–Crippen LogP) is 2.20. The van der Waals surface area contributed by atoms with Crippen molar-refractivity contribution in [3.05, 3.63) is 35.1 Å². The number of esters is 1. The third-order valence-electron chi connectivity index (χ3n) is 1.74. The van der Waals surface area contributed by atoms with Crippen LogP contribution in [0.1, 0.15) is 18.1 Å². The minimum atomic E-state index is -0.358. The molecule has 0 aromatic heterocycles. The zero-order chi connectivity index (χ0) is 9.84. The SMILES string of the molecule is CC(=O)OCc1cc(F)ccc1C. The topological polar surface area (TPSA) is 26.3 Å². The molecule has 0 amide bonds. The lowest BCUT2D eigenvalue weighted by Crippen LogP contribution is -2.00. The number of aryl methyl sites for hydroxylation is 1. The number of hydrogen-bond donors (Lipinski definition) is 0. The van der Waals surface area contributed by atoms with Crippen LogP contribution in [0.2, 0.25) is 0 Å². The second-order valence-electron chi connectivity index (χ2n) is 2.85. The van der Waals surface area contributed by atoms with Crippen molar-refractivity contribution in [1.29, 1.82) is 0 Å². The maximum Gasteiger partial charge on any atom is 0.302 e. The minimum Gasteiger partial charge on any atom is -0.461 e. The van der Waals surface area contributed by atoms with Crippen LogP contribution < -0.4 is 0 Å². The second-order valence-corrected chi connectivity index (χ2v) is 2.85. The molecule has 0 radical (unpaired) electrons. The molecule has 0 aliphatic heterocycles. The van der Waals surface area contributed by atoms with Gasteiger partial charge in [-0.05, 0) is 30.2 Å². The Labute approximate surface area is 76.3 Å². The Bertz CT molecular complexity index is 321. The molecular weight excluding hydrogens is 171 g/mol. The molecule has 70 valence electrons. The number of ether oxygens (including phenoxy) is 1. The predicted molar refractivity (Wildman–Crippen MR) is 46.6 cm³/mol. The van der Waals surface area contributed by atoms with Crippen molar-refractivity contribution in [3.8, 4) is 0 Å². The van der Waals surface area contributed by atoms with Crippen molar-refractivity contribution in [2.45, 2.75) is 20.5 Å². The lowest BCUT2D eigenvalue weighted by atomic mass is 10.1. The van der Waals surface area contributed by atoms with E-state index >= 15 is 0 Å². The maximum atomic E-state index is 12.7. The highest BCUT2D eigenvalue weighted by Gasteiger charge is 2.01. The first-order valence-electron chi connectivity index (χ1n) is 3.98. The molecule has 0 unspecified atom stereocenters. The molecule has 0 N–H and O–H groups in total. The molecule has 2 nitrogen and oxygen atoms in total. The van der Waals surface area contributed by atoms with Gasteiger partial charge >= 0.3 is 5.97 Å². The highest BCUT2D eigenvalue weighted by Crippen LogP contribution is 2.11. The summed E-state index contributed by atoms with van der Waals surface area (Å²) in [7, 11) is 0. The van der Waals surface area contributed by atoms with E-state index in [1.165, 1.54) is 19.1 Å². The molecule has 3 heteroatoms. The van der Waals surface area contributed by atoms with Gasteiger partial charge in [0, 0.05) is 6.92 Å². The van der Waals surface area contributed by atoms with Gasteiger partial charge in [-0.25, -0.2) is 4.39 Å². The summed E-state index contributed by atoms with van der Waals surface area (Å²) >= 11 is 0. The van der Waals surface area contributed by atoms with E-state index in [1.54, 1.807) is 6.07 Å². The fourth-order valence-electron chi connectivity index (χ4n) is 0.975. The number of carbonyl (C=O) groups excluding carboxylic acids is 1. The average Bonchev–Trinajstić information content (AvgIpc) is 2.06. The van der Waals surface area contributed by atoms with Crippen LogP contribution in [-0.2, 0) is 16.1 Å². The largest absolute Gasteiger partial charge is 0.461 e. The number of halogens is 1. The van der Waals surface area contributed by atoms with E-state index in [-0.39, 0.29) is 18.4 Å². The fraction of sp³-hybridized carbons (Fsp3) is 0.300. The molecule has 13 heavy (non-hydrogen) atoms. The second kappa shape index (κ2) is 4.03. The molecule has 0 fully saturated rings. The van der Waals surface area contributed by atoms with Gasteiger partial charge in [0.15, 0.2) is 0 Å². The molecule has 0 bridgehead atoms. The summed E-state index contributed by atoms with van der Waals surface area (Å²) < 4.78 is 17.5. The van der Waals surface area contributed by atoms with Gasteiger partial charge < -0.3 is 4.74 Å². The Kier molecular flexibility index (Phi) is 3.01. The Morgan fingerprint density at radius 1 is 1.54 bits per heavy atom. The standard InChI is InChI=1S/C10H11FO2/c1-7-3-4-10(11)5-9(7)6-13-8(2)12/h3-5H,6H2,1-2H3. The van der Waals surface area contributed by atoms with Crippen molar-refractivity contribution in [2.24, 2.45) is 0 Å². The summed E-state index contributed by atoms with van der Waals surface area (Å²) in [4.78, 5) is 10.5. The normalized spacial score (nSPS) is 9.77. The first-order valence-corrected chi connectivity index (χ1v) is 3.98. The molecule has 0 aliphatic carbocycles. The summed E-state index contributed by atoms with van der Waals surface area (Å²) in [5.74, 6) is -0.670. The monoisotopic (exact) mass is 182 g/mol. The van der Waals surface area contributed by atoms with Gasteiger partial charge in [0.05, 0.1) is 0 Å². The highest BCUT2D eigenvalue weighted by molar-refractivity contribution is 5.65. The Morgan fingerprint density at radius 2 is 2.23 bits per heavy atom. The van der Waals surface area contributed by atoms with Crippen LogP contribution in [0.25, 0.3) is 0 Å². The van der Waals surface area contributed by atoms with Crippen LogP contribution in [0, 0.1) is 12.7 Å². The van der Waals surface area contributed by atoms with E-state index in [0.717, 1.165) is 5.56 Å². The third kappa shape index (κ3) is 2.86. The molecule has 0 aliphatic rings. The minimum absolute atomic E-state index is 0.138.